The van der Waals surface area contributed by atoms with Crippen LogP contribution in [0.15, 0.2) is 42.5 Å². The molecule has 1 aliphatic rings. The fraction of sp³-hybridized carbons (Fsp3) is 0.333. The molecule has 28 heavy (non-hydrogen) atoms. The fourth-order valence-electron chi connectivity index (χ4n) is 3.22. The van der Waals surface area contributed by atoms with E-state index in [1.54, 1.807) is 12.0 Å². The summed E-state index contributed by atoms with van der Waals surface area (Å²) in [4.78, 5) is 28.1. The number of nitrogens with zero attached hydrogens (tertiary/aromatic N) is 2. The second-order valence-electron chi connectivity index (χ2n) is 6.68. The maximum atomic E-state index is 13.3. The molecule has 0 bridgehead atoms. The summed E-state index contributed by atoms with van der Waals surface area (Å²) in [6, 6.07) is 10.4. The van der Waals surface area contributed by atoms with E-state index in [0.717, 1.165) is 29.5 Å². The van der Waals surface area contributed by atoms with Gasteiger partial charge in [-0.15, -0.1) is 0 Å². The third-order valence-electron chi connectivity index (χ3n) is 4.82. The Hall–Kier alpha value is -2.96. The van der Waals surface area contributed by atoms with E-state index in [2.05, 4.69) is 0 Å². The van der Waals surface area contributed by atoms with Crippen LogP contribution in [0.25, 0.3) is 0 Å². The van der Waals surface area contributed by atoms with Crippen molar-refractivity contribution in [1.29, 1.82) is 0 Å². The summed E-state index contributed by atoms with van der Waals surface area (Å²) < 4.78 is 31.8. The normalized spacial score (nSPS) is 14.1. The predicted octanol–water partition coefficient (Wildman–Crippen LogP) is 2.89. The first-order chi connectivity index (χ1) is 13.5. The van der Waals surface area contributed by atoms with Crippen molar-refractivity contribution in [2.75, 3.05) is 33.3 Å². The summed E-state index contributed by atoms with van der Waals surface area (Å²) in [5.41, 5.74) is 1.04. The van der Waals surface area contributed by atoms with Crippen LogP contribution in [0.2, 0.25) is 0 Å². The zero-order chi connectivity index (χ0) is 20.1. The standard InChI is InChI=1S/C21H22F2N2O3/c1-28-19-5-2-15(3-6-19)4-7-20(26)24-8-10-25(11-9-24)21(27)16-12-17(22)14-18(23)13-16/h2-3,5-6,12-14H,4,7-11H2,1H3. The summed E-state index contributed by atoms with van der Waals surface area (Å²) >= 11 is 0. The Labute approximate surface area is 162 Å². The van der Waals surface area contributed by atoms with Crippen molar-refractivity contribution in [1.82, 2.24) is 9.80 Å². The van der Waals surface area contributed by atoms with E-state index < -0.39 is 17.5 Å². The number of halogens is 2. The highest BCUT2D eigenvalue weighted by atomic mass is 19.1. The van der Waals surface area contributed by atoms with E-state index in [1.165, 1.54) is 4.90 Å². The highest BCUT2D eigenvalue weighted by Gasteiger charge is 2.25. The minimum absolute atomic E-state index is 0.0169. The van der Waals surface area contributed by atoms with Crippen LogP contribution in [-0.4, -0.2) is 54.9 Å². The number of carbonyl (C=O) groups is 2. The van der Waals surface area contributed by atoms with Crippen molar-refractivity contribution in [3.8, 4) is 5.75 Å². The molecule has 1 aliphatic heterocycles. The van der Waals surface area contributed by atoms with Crippen molar-refractivity contribution in [2.45, 2.75) is 12.8 Å². The molecule has 1 fully saturated rings. The number of hydrogen-bond acceptors (Lipinski definition) is 3. The monoisotopic (exact) mass is 388 g/mol. The Morgan fingerprint density at radius 3 is 2.07 bits per heavy atom. The van der Waals surface area contributed by atoms with Gasteiger partial charge in [-0.2, -0.15) is 0 Å². The summed E-state index contributed by atoms with van der Waals surface area (Å²) in [5, 5.41) is 0. The molecule has 1 heterocycles. The van der Waals surface area contributed by atoms with Crippen LogP contribution in [0.5, 0.6) is 5.75 Å². The molecule has 0 saturated carbocycles. The smallest absolute Gasteiger partial charge is 0.254 e. The van der Waals surface area contributed by atoms with Gasteiger partial charge in [0.25, 0.3) is 5.91 Å². The van der Waals surface area contributed by atoms with Gasteiger partial charge in [-0.05, 0) is 36.2 Å². The number of piperazine rings is 1. The molecule has 2 aromatic rings. The van der Waals surface area contributed by atoms with Crippen molar-refractivity contribution >= 4 is 11.8 Å². The Morgan fingerprint density at radius 2 is 1.50 bits per heavy atom. The average molecular weight is 388 g/mol. The minimum Gasteiger partial charge on any atom is -0.497 e. The molecule has 5 nitrogen and oxygen atoms in total. The molecule has 0 aromatic heterocycles. The maximum Gasteiger partial charge on any atom is 0.254 e. The predicted molar refractivity (Wildman–Crippen MR) is 100 cm³/mol. The summed E-state index contributed by atoms with van der Waals surface area (Å²) in [5.74, 6) is -1.19. The van der Waals surface area contributed by atoms with Gasteiger partial charge < -0.3 is 14.5 Å². The SMILES string of the molecule is COc1ccc(CCC(=O)N2CCN(C(=O)c3cc(F)cc(F)c3)CC2)cc1. The zero-order valence-electron chi connectivity index (χ0n) is 15.7. The fourth-order valence-corrected chi connectivity index (χ4v) is 3.22. The Balaban J connectivity index is 1.49. The van der Waals surface area contributed by atoms with Crippen molar-refractivity contribution in [3.63, 3.8) is 0 Å². The lowest BCUT2D eigenvalue weighted by molar-refractivity contribution is -0.132. The quantitative estimate of drug-likeness (QED) is 0.792. The Bertz CT molecular complexity index is 827. The van der Waals surface area contributed by atoms with Crippen LogP contribution in [0, 0.1) is 11.6 Å². The second-order valence-corrected chi connectivity index (χ2v) is 6.68. The summed E-state index contributed by atoms with van der Waals surface area (Å²) in [7, 11) is 1.60. The van der Waals surface area contributed by atoms with Gasteiger partial charge >= 0.3 is 0 Å². The van der Waals surface area contributed by atoms with E-state index in [0.29, 0.717) is 39.0 Å². The molecule has 1 saturated heterocycles. The van der Waals surface area contributed by atoms with E-state index in [-0.39, 0.29) is 11.5 Å². The lowest BCUT2D eigenvalue weighted by atomic mass is 10.1. The van der Waals surface area contributed by atoms with E-state index in [9.17, 15) is 18.4 Å². The molecule has 0 aliphatic carbocycles. The number of benzene rings is 2. The van der Waals surface area contributed by atoms with Gasteiger partial charge in [-0.1, -0.05) is 12.1 Å². The van der Waals surface area contributed by atoms with Gasteiger partial charge in [-0.25, -0.2) is 8.78 Å². The molecule has 0 atom stereocenters. The van der Waals surface area contributed by atoms with E-state index >= 15 is 0 Å². The molecule has 2 aromatic carbocycles. The highest BCUT2D eigenvalue weighted by molar-refractivity contribution is 5.94. The number of carbonyl (C=O) groups excluding carboxylic acids is 2. The molecule has 0 spiro atoms. The van der Waals surface area contributed by atoms with E-state index in [1.807, 2.05) is 24.3 Å². The molecule has 0 N–H and O–H groups in total. The van der Waals surface area contributed by atoms with Crippen LogP contribution >= 0.6 is 0 Å². The average Bonchev–Trinajstić information content (AvgIpc) is 2.71. The van der Waals surface area contributed by atoms with Gasteiger partial charge in [0.15, 0.2) is 0 Å². The molecule has 148 valence electrons. The first-order valence-corrected chi connectivity index (χ1v) is 9.12. The Morgan fingerprint density at radius 1 is 0.929 bits per heavy atom. The Kier molecular flexibility index (Phi) is 6.23. The van der Waals surface area contributed by atoms with Crippen LogP contribution < -0.4 is 4.74 Å². The highest BCUT2D eigenvalue weighted by Crippen LogP contribution is 2.15. The van der Waals surface area contributed by atoms with Crippen LogP contribution in [0.1, 0.15) is 22.3 Å². The zero-order valence-corrected chi connectivity index (χ0v) is 15.7. The molecule has 2 amide bonds. The number of ether oxygens (including phenoxy) is 1. The maximum absolute atomic E-state index is 13.3. The van der Waals surface area contributed by atoms with Crippen molar-refractivity contribution < 1.29 is 23.1 Å². The molecule has 7 heteroatoms. The lowest BCUT2D eigenvalue weighted by Gasteiger charge is -2.35. The number of rotatable bonds is 5. The van der Waals surface area contributed by atoms with Crippen LogP contribution in [-0.2, 0) is 11.2 Å². The molecule has 0 radical (unpaired) electrons. The number of methoxy groups -OCH3 is 1. The van der Waals surface area contributed by atoms with Gasteiger partial charge in [0.05, 0.1) is 7.11 Å². The number of amides is 2. The van der Waals surface area contributed by atoms with Gasteiger partial charge in [0.2, 0.25) is 5.91 Å². The van der Waals surface area contributed by atoms with Gasteiger partial charge in [-0.3, -0.25) is 9.59 Å². The first kappa shape index (κ1) is 19.8. The molecule has 0 unspecified atom stereocenters. The molecular formula is C21H22F2N2O3. The van der Waals surface area contributed by atoms with Crippen LogP contribution in [0.4, 0.5) is 8.78 Å². The lowest BCUT2D eigenvalue weighted by Crippen LogP contribution is -2.50. The van der Waals surface area contributed by atoms with Gasteiger partial charge in [0.1, 0.15) is 17.4 Å². The number of aryl methyl sites for hydroxylation is 1. The summed E-state index contributed by atoms with van der Waals surface area (Å²) in [6.07, 6.45) is 1.01. The molecular weight excluding hydrogens is 366 g/mol. The largest absolute Gasteiger partial charge is 0.497 e. The molecule has 3 rings (SSSR count). The second kappa shape index (κ2) is 8.82. The van der Waals surface area contributed by atoms with Crippen molar-refractivity contribution in [3.05, 3.63) is 65.2 Å². The topological polar surface area (TPSA) is 49.9 Å². The van der Waals surface area contributed by atoms with Gasteiger partial charge in [0, 0.05) is 44.2 Å². The summed E-state index contributed by atoms with van der Waals surface area (Å²) in [6.45, 7) is 1.49. The minimum atomic E-state index is -0.782. The first-order valence-electron chi connectivity index (χ1n) is 9.12. The third-order valence-corrected chi connectivity index (χ3v) is 4.82. The van der Waals surface area contributed by atoms with Crippen LogP contribution in [0.3, 0.4) is 0 Å². The third kappa shape index (κ3) is 4.85. The van der Waals surface area contributed by atoms with E-state index in [4.69, 9.17) is 4.74 Å². The van der Waals surface area contributed by atoms with Crippen molar-refractivity contribution in [2.24, 2.45) is 0 Å². The number of hydrogen-bond donors (Lipinski definition) is 0.